The van der Waals surface area contributed by atoms with E-state index in [0.717, 1.165) is 0 Å². The maximum Gasteiger partial charge on any atom is 0.338 e. The average Bonchev–Trinajstić information content (AvgIpc) is 2.05. The standard InChI is InChI=1S/C9H11NO2.CH4/c1-2-12-9(11)7-4-3-5-8(10)6-7;/h3-6H,2,10H2,1H3;1H4. The van der Waals surface area contributed by atoms with Crippen molar-refractivity contribution in [2.45, 2.75) is 14.4 Å². The van der Waals surface area contributed by atoms with Gasteiger partial charge in [-0.25, -0.2) is 4.79 Å². The van der Waals surface area contributed by atoms with Crippen LogP contribution in [-0.2, 0) is 4.74 Å². The first kappa shape index (κ1) is 11.5. The van der Waals surface area contributed by atoms with Crippen molar-refractivity contribution < 1.29 is 9.53 Å². The fourth-order valence-electron chi connectivity index (χ4n) is 0.880. The highest BCUT2D eigenvalue weighted by Gasteiger charge is 2.04. The van der Waals surface area contributed by atoms with Gasteiger partial charge in [-0.2, -0.15) is 0 Å². The lowest BCUT2D eigenvalue weighted by atomic mass is 10.2. The molecule has 1 rings (SSSR count). The maximum atomic E-state index is 11.1. The van der Waals surface area contributed by atoms with Gasteiger partial charge in [-0.15, -0.1) is 0 Å². The number of hydrogen-bond acceptors (Lipinski definition) is 3. The van der Waals surface area contributed by atoms with E-state index in [4.69, 9.17) is 10.5 Å². The maximum absolute atomic E-state index is 11.1. The highest BCUT2D eigenvalue weighted by atomic mass is 16.5. The molecule has 0 radical (unpaired) electrons. The number of nitrogen functional groups attached to an aromatic ring is 1. The molecule has 0 bridgehead atoms. The molecular formula is C10H15NO2. The molecule has 13 heavy (non-hydrogen) atoms. The quantitative estimate of drug-likeness (QED) is 0.561. The van der Waals surface area contributed by atoms with Crippen LogP contribution in [0.1, 0.15) is 24.7 Å². The van der Waals surface area contributed by atoms with E-state index in [-0.39, 0.29) is 13.4 Å². The van der Waals surface area contributed by atoms with Crippen LogP contribution in [-0.4, -0.2) is 12.6 Å². The van der Waals surface area contributed by atoms with Crippen molar-refractivity contribution in [1.29, 1.82) is 0 Å². The van der Waals surface area contributed by atoms with E-state index >= 15 is 0 Å². The van der Waals surface area contributed by atoms with Crippen LogP contribution in [0.4, 0.5) is 5.69 Å². The highest BCUT2D eigenvalue weighted by molar-refractivity contribution is 5.90. The van der Waals surface area contributed by atoms with Crippen LogP contribution in [0.15, 0.2) is 24.3 Å². The lowest BCUT2D eigenvalue weighted by Crippen LogP contribution is -2.04. The van der Waals surface area contributed by atoms with Crippen LogP contribution < -0.4 is 5.73 Å². The Morgan fingerprint density at radius 2 is 2.23 bits per heavy atom. The minimum Gasteiger partial charge on any atom is -0.462 e. The van der Waals surface area contributed by atoms with E-state index in [1.807, 2.05) is 0 Å². The third-order valence-corrected chi connectivity index (χ3v) is 1.40. The van der Waals surface area contributed by atoms with Gasteiger partial charge in [0.25, 0.3) is 0 Å². The summed E-state index contributed by atoms with van der Waals surface area (Å²) in [6.45, 7) is 2.15. The monoisotopic (exact) mass is 181 g/mol. The lowest BCUT2D eigenvalue weighted by molar-refractivity contribution is 0.0526. The van der Waals surface area contributed by atoms with E-state index < -0.39 is 0 Å². The molecule has 0 aromatic heterocycles. The van der Waals surface area contributed by atoms with Crippen molar-refractivity contribution in [2.75, 3.05) is 12.3 Å². The molecular weight excluding hydrogens is 166 g/mol. The van der Waals surface area contributed by atoms with Crippen molar-refractivity contribution in [3.05, 3.63) is 29.8 Å². The number of ether oxygens (including phenoxy) is 1. The van der Waals surface area contributed by atoms with Crippen LogP contribution in [0.3, 0.4) is 0 Å². The van der Waals surface area contributed by atoms with Crippen molar-refractivity contribution in [2.24, 2.45) is 0 Å². The second-order valence-corrected chi connectivity index (χ2v) is 2.35. The van der Waals surface area contributed by atoms with E-state index in [2.05, 4.69) is 0 Å². The van der Waals surface area contributed by atoms with E-state index in [1.165, 1.54) is 0 Å². The zero-order valence-electron chi connectivity index (χ0n) is 6.91. The summed E-state index contributed by atoms with van der Waals surface area (Å²) >= 11 is 0. The van der Waals surface area contributed by atoms with Crippen molar-refractivity contribution in [1.82, 2.24) is 0 Å². The SMILES string of the molecule is C.CCOC(=O)c1cccc(N)c1. The largest absolute Gasteiger partial charge is 0.462 e. The molecule has 1 aromatic rings. The minimum absolute atomic E-state index is 0. The van der Waals surface area contributed by atoms with Gasteiger partial charge in [0.2, 0.25) is 0 Å². The number of hydrogen-bond donors (Lipinski definition) is 1. The Morgan fingerprint density at radius 1 is 1.54 bits per heavy atom. The Bertz CT molecular complexity index is 284. The predicted octanol–water partition coefficient (Wildman–Crippen LogP) is 2.08. The zero-order valence-corrected chi connectivity index (χ0v) is 6.91. The second-order valence-electron chi connectivity index (χ2n) is 2.35. The molecule has 0 amide bonds. The summed E-state index contributed by atoms with van der Waals surface area (Å²) < 4.78 is 4.79. The summed E-state index contributed by atoms with van der Waals surface area (Å²) in [4.78, 5) is 11.1. The Morgan fingerprint density at radius 3 is 2.77 bits per heavy atom. The number of esters is 1. The normalized spacial score (nSPS) is 8.69. The molecule has 0 heterocycles. The first-order valence-corrected chi connectivity index (χ1v) is 3.76. The Hall–Kier alpha value is -1.51. The molecule has 0 aliphatic carbocycles. The van der Waals surface area contributed by atoms with Crippen LogP contribution in [0.2, 0.25) is 0 Å². The van der Waals surface area contributed by atoms with Gasteiger partial charge in [-0.1, -0.05) is 13.5 Å². The summed E-state index contributed by atoms with van der Waals surface area (Å²) in [6, 6.07) is 6.72. The van der Waals surface area contributed by atoms with Crippen LogP contribution in [0.25, 0.3) is 0 Å². The molecule has 0 aliphatic rings. The van der Waals surface area contributed by atoms with Gasteiger partial charge in [0.05, 0.1) is 12.2 Å². The first-order valence-electron chi connectivity index (χ1n) is 3.76. The summed E-state index contributed by atoms with van der Waals surface area (Å²) in [5.74, 6) is -0.329. The molecule has 1 aromatic carbocycles. The highest BCUT2D eigenvalue weighted by Crippen LogP contribution is 2.07. The molecule has 3 nitrogen and oxygen atoms in total. The van der Waals surface area contributed by atoms with E-state index in [1.54, 1.807) is 31.2 Å². The summed E-state index contributed by atoms with van der Waals surface area (Å²) in [5, 5.41) is 0. The summed E-state index contributed by atoms with van der Waals surface area (Å²) in [6.07, 6.45) is 0. The number of nitrogens with two attached hydrogens (primary N) is 1. The second kappa shape index (κ2) is 5.19. The van der Waals surface area contributed by atoms with Crippen molar-refractivity contribution in [3.63, 3.8) is 0 Å². The third-order valence-electron chi connectivity index (χ3n) is 1.40. The molecule has 0 fully saturated rings. The fourth-order valence-corrected chi connectivity index (χ4v) is 0.880. The Balaban J connectivity index is 0.00000144. The average molecular weight is 181 g/mol. The molecule has 0 unspecified atom stereocenters. The molecule has 0 spiro atoms. The number of anilines is 1. The minimum atomic E-state index is -0.329. The van der Waals surface area contributed by atoms with Crippen LogP contribution in [0, 0.1) is 0 Å². The summed E-state index contributed by atoms with van der Waals surface area (Å²) in [5.41, 5.74) is 6.55. The topological polar surface area (TPSA) is 52.3 Å². The smallest absolute Gasteiger partial charge is 0.338 e. The van der Waals surface area contributed by atoms with E-state index in [9.17, 15) is 4.79 Å². The summed E-state index contributed by atoms with van der Waals surface area (Å²) in [7, 11) is 0. The fraction of sp³-hybridized carbons (Fsp3) is 0.300. The molecule has 0 saturated carbocycles. The molecule has 0 atom stereocenters. The molecule has 72 valence electrons. The third kappa shape index (κ3) is 3.15. The van der Waals surface area contributed by atoms with Gasteiger partial charge < -0.3 is 10.5 Å². The lowest BCUT2D eigenvalue weighted by Gasteiger charge is -2.01. The number of carbonyl (C=O) groups is 1. The van der Waals surface area contributed by atoms with Crippen LogP contribution >= 0.6 is 0 Å². The van der Waals surface area contributed by atoms with Gasteiger partial charge >= 0.3 is 5.97 Å². The van der Waals surface area contributed by atoms with Gasteiger partial charge in [-0.05, 0) is 25.1 Å². The van der Waals surface area contributed by atoms with Gasteiger partial charge in [0.1, 0.15) is 0 Å². The molecule has 0 aliphatic heterocycles. The Kier molecular flexibility index (Phi) is 4.59. The predicted molar refractivity (Wildman–Crippen MR) is 53.5 cm³/mol. The van der Waals surface area contributed by atoms with E-state index in [0.29, 0.717) is 17.9 Å². The van der Waals surface area contributed by atoms with Crippen LogP contribution in [0.5, 0.6) is 0 Å². The van der Waals surface area contributed by atoms with Gasteiger partial charge in [0, 0.05) is 5.69 Å². The Labute approximate surface area is 78.5 Å². The van der Waals surface area contributed by atoms with Gasteiger partial charge in [0.15, 0.2) is 0 Å². The number of benzene rings is 1. The number of rotatable bonds is 2. The van der Waals surface area contributed by atoms with Gasteiger partial charge in [-0.3, -0.25) is 0 Å². The van der Waals surface area contributed by atoms with Crippen molar-refractivity contribution in [3.8, 4) is 0 Å². The molecule has 2 N–H and O–H groups in total. The number of carbonyl (C=O) groups excluding carboxylic acids is 1. The van der Waals surface area contributed by atoms with Crippen molar-refractivity contribution >= 4 is 11.7 Å². The molecule has 0 saturated heterocycles. The molecule has 3 heteroatoms. The first-order chi connectivity index (χ1) is 5.74. The zero-order chi connectivity index (χ0) is 8.97.